The maximum absolute atomic E-state index is 12.3. The molecule has 1 heterocycles. The largest absolute Gasteiger partial charge is 0.403 e. The van der Waals surface area contributed by atoms with E-state index in [1.807, 2.05) is 24.3 Å². The molecule has 3 aromatic rings. The van der Waals surface area contributed by atoms with Crippen molar-refractivity contribution in [2.45, 2.75) is 28.9 Å². The topological polar surface area (TPSA) is 102 Å². The van der Waals surface area contributed by atoms with Gasteiger partial charge in [0.2, 0.25) is 5.89 Å². The fourth-order valence-electron chi connectivity index (χ4n) is 2.39. The smallest absolute Gasteiger partial charge is 0.322 e. The van der Waals surface area contributed by atoms with Crippen LogP contribution in [0.2, 0.25) is 0 Å². The first kappa shape index (κ1) is 20.1. The highest BCUT2D eigenvalue weighted by Crippen LogP contribution is 2.28. The summed E-state index contributed by atoms with van der Waals surface area (Å²) in [4.78, 5) is 13.5. The molecule has 7 nitrogen and oxygen atoms in total. The van der Waals surface area contributed by atoms with Gasteiger partial charge in [-0.15, -0.1) is 16.9 Å². The first-order valence-corrected chi connectivity index (χ1v) is 11.2. The zero-order valence-electron chi connectivity index (χ0n) is 15.5. The maximum Gasteiger partial charge on any atom is 0.322 e. The summed E-state index contributed by atoms with van der Waals surface area (Å²) in [5, 5.41) is 10.8. The summed E-state index contributed by atoms with van der Waals surface area (Å²) in [6, 6.07) is 13.3. The molecular formula is C19H19N3O4S2. The molecular weight excluding hydrogens is 398 g/mol. The Morgan fingerprint density at radius 1 is 1.11 bits per heavy atom. The lowest BCUT2D eigenvalue weighted by Crippen LogP contribution is -2.12. The van der Waals surface area contributed by atoms with E-state index in [0.29, 0.717) is 11.1 Å². The average Bonchev–Trinajstić information content (AvgIpc) is 3.09. The first-order chi connectivity index (χ1) is 13.2. The fraction of sp³-hybridized carbons (Fsp3) is 0.211. The number of sulfone groups is 1. The van der Waals surface area contributed by atoms with Gasteiger partial charge in [0, 0.05) is 27.5 Å². The third-order valence-electron chi connectivity index (χ3n) is 3.64. The second kappa shape index (κ2) is 8.15. The number of hydrogen-bond donors (Lipinski definition) is 1. The predicted molar refractivity (Wildman–Crippen MR) is 108 cm³/mol. The van der Waals surface area contributed by atoms with Crippen molar-refractivity contribution < 1.29 is 17.6 Å². The monoisotopic (exact) mass is 417 g/mol. The number of carbonyl (C=O) groups is 1. The molecule has 0 unspecified atom stereocenters. The molecule has 1 aromatic heterocycles. The van der Waals surface area contributed by atoms with Gasteiger partial charge in [0.1, 0.15) is 0 Å². The van der Waals surface area contributed by atoms with Gasteiger partial charge in [-0.2, -0.15) is 0 Å². The average molecular weight is 418 g/mol. The molecule has 1 amide bonds. The second-order valence-electron chi connectivity index (χ2n) is 6.36. The molecule has 1 N–H and O–H groups in total. The third kappa shape index (κ3) is 4.99. The minimum Gasteiger partial charge on any atom is -0.403 e. The Kier molecular flexibility index (Phi) is 5.85. The molecule has 0 atom stereocenters. The number of nitrogens with one attached hydrogen (secondary N) is 1. The summed E-state index contributed by atoms with van der Waals surface area (Å²) in [7, 11) is -3.32. The maximum atomic E-state index is 12.3. The van der Waals surface area contributed by atoms with E-state index in [-0.39, 0.29) is 16.5 Å². The van der Waals surface area contributed by atoms with Crippen molar-refractivity contribution in [3.05, 3.63) is 54.1 Å². The van der Waals surface area contributed by atoms with Gasteiger partial charge in [-0.05, 0) is 42.5 Å². The van der Waals surface area contributed by atoms with E-state index in [2.05, 4.69) is 29.4 Å². The Morgan fingerprint density at radius 2 is 1.82 bits per heavy atom. The minimum absolute atomic E-state index is 0.0332. The van der Waals surface area contributed by atoms with Gasteiger partial charge in [0.25, 0.3) is 5.91 Å². The quantitative estimate of drug-likeness (QED) is 0.607. The van der Waals surface area contributed by atoms with Crippen LogP contribution in [-0.2, 0) is 9.84 Å². The van der Waals surface area contributed by atoms with Gasteiger partial charge in [-0.25, -0.2) is 8.42 Å². The molecule has 3 rings (SSSR count). The zero-order valence-corrected chi connectivity index (χ0v) is 17.2. The van der Waals surface area contributed by atoms with E-state index >= 15 is 0 Å². The number of aromatic nitrogens is 2. The van der Waals surface area contributed by atoms with Crippen LogP contribution in [-0.4, -0.2) is 36.0 Å². The van der Waals surface area contributed by atoms with E-state index in [4.69, 9.17) is 4.42 Å². The van der Waals surface area contributed by atoms with Crippen LogP contribution in [0.15, 0.2) is 62.7 Å². The van der Waals surface area contributed by atoms with Crippen molar-refractivity contribution in [3.8, 4) is 11.5 Å². The summed E-state index contributed by atoms with van der Waals surface area (Å²) in [6.45, 7) is 4.22. The Morgan fingerprint density at radius 3 is 2.46 bits per heavy atom. The van der Waals surface area contributed by atoms with E-state index in [0.717, 1.165) is 16.7 Å². The molecule has 0 aliphatic heterocycles. The summed E-state index contributed by atoms with van der Waals surface area (Å²) >= 11 is 1.72. The normalized spacial score (nSPS) is 11.6. The highest BCUT2D eigenvalue weighted by molar-refractivity contribution is 7.99. The van der Waals surface area contributed by atoms with Crippen molar-refractivity contribution in [1.82, 2.24) is 10.2 Å². The van der Waals surface area contributed by atoms with Crippen LogP contribution in [0.25, 0.3) is 11.5 Å². The van der Waals surface area contributed by atoms with Crippen molar-refractivity contribution in [2.24, 2.45) is 0 Å². The lowest BCUT2D eigenvalue weighted by molar-refractivity contribution is 0.102. The number of benzene rings is 2. The van der Waals surface area contributed by atoms with Crippen LogP contribution in [0, 0.1) is 0 Å². The lowest BCUT2D eigenvalue weighted by Gasteiger charge is -2.05. The van der Waals surface area contributed by atoms with Gasteiger partial charge in [-0.3, -0.25) is 10.1 Å². The first-order valence-electron chi connectivity index (χ1n) is 8.44. The van der Waals surface area contributed by atoms with Crippen LogP contribution in [0.1, 0.15) is 24.2 Å². The Balaban J connectivity index is 1.73. The molecule has 0 spiro atoms. The van der Waals surface area contributed by atoms with Crippen molar-refractivity contribution in [3.63, 3.8) is 0 Å². The molecule has 0 aliphatic carbocycles. The Labute approximate surface area is 167 Å². The van der Waals surface area contributed by atoms with Crippen molar-refractivity contribution in [2.75, 3.05) is 11.6 Å². The summed E-state index contributed by atoms with van der Waals surface area (Å²) < 4.78 is 28.5. The van der Waals surface area contributed by atoms with Crippen molar-refractivity contribution in [1.29, 1.82) is 0 Å². The number of carbonyl (C=O) groups excluding carboxylic acids is 1. The Bertz CT molecular complexity index is 1090. The number of nitrogens with zero attached hydrogens (tertiary/aromatic N) is 2. The van der Waals surface area contributed by atoms with Crippen LogP contribution in [0.4, 0.5) is 6.01 Å². The highest BCUT2D eigenvalue weighted by atomic mass is 32.2. The van der Waals surface area contributed by atoms with Crippen LogP contribution >= 0.6 is 11.8 Å². The highest BCUT2D eigenvalue weighted by Gasteiger charge is 2.14. The SMILES string of the molecule is CC(C)Sc1cccc(-c2nnc(NC(=O)c3ccc(S(C)(=O)=O)cc3)o2)c1. The van der Waals surface area contributed by atoms with Crippen molar-refractivity contribution >= 4 is 33.5 Å². The van der Waals surface area contributed by atoms with Gasteiger partial charge in [-0.1, -0.05) is 25.0 Å². The standard InChI is InChI=1S/C19H19N3O4S2/c1-12(2)27-15-6-4-5-14(11-15)18-21-22-19(26-18)20-17(23)13-7-9-16(10-8-13)28(3,24)25/h4-12H,1-3H3,(H,20,22,23). The fourth-order valence-corrected chi connectivity index (χ4v) is 3.91. The molecule has 28 heavy (non-hydrogen) atoms. The second-order valence-corrected chi connectivity index (χ2v) is 10.0. The Hall–Kier alpha value is -2.65. The van der Waals surface area contributed by atoms with E-state index in [1.54, 1.807) is 11.8 Å². The summed E-state index contributed by atoms with van der Waals surface area (Å²) in [6.07, 6.45) is 1.11. The van der Waals surface area contributed by atoms with E-state index in [9.17, 15) is 13.2 Å². The number of anilines is 1. The molecule has 0 saturated carbocycles. The van der Waals surface area contributed by atoms with Gasteiger partial charge in [0.05, 0.1) is 4.90 Å². The van der Waals surface area contributed by atoms with E-state index in [1.165, 1.54) is 24.3 Å². The van der Waals surface area contributed by atoms with Crippen LogP contribution in [0.3, 0.4) is 0 Å². The zero-order chi connectivity index (χ0) is 20.3. The number of rotatable bonds is 6. The molecule has 146 valence electrons. The molecule has 0 bridgehead atoms. The molecule has 0 aliphatic rings. The molecule has 0 fully saturated rings. The van der Waals surface area contributed by atoms with Crippen LogP contribution in [0.5, 0.6) is 0 Å². The van der Waals surface area contributed by atoms with Gasteiger partial charge in [0.15, 0.2) is 9.84 Å². The molecule has 0 radical (unpaired) electrons. The minimum atomic E-state index is -3.32. The van der Waals surface area contributed by atoms with Gasteiger partial charge >= 0.3 is 6.01 Å². The molecule has 2 aromatic carbocycles. The number of thioether (sulfide) groups is 1. The van der Waals surface area contributed by atoms with E-state index < -0.39 is 15.7 Å². The predicted octanol–water partition coefficient (Wildman–Crippen LogP) is 3.89. The van der Waals surface area contributed by atoms with Gasteiger partial charge < -0.3 is 4.42 Å². The number of hydrogen-bond acceptors (Lipinski definition) is 7. The molecule has 9 heteroatoms. The summed E-state index contributed by atoms with van der Waals surface area (Å²) in [5.41, 5.74) is 1.04. The summed E-state index contributed by atoms with van der Waals surface area (Å²) in [5.74, 6) is -0.173. The third-order valence-corrected chi connectivity index (χ3v) is 5.77. The molecule has 0 saturated heterocycles. The lowest BCUT2D eigenvalue weighted by atomic mass is 10.2. The number of amides is 1. The van der Waals surface area contributed by atoms with Crippen LogP contribution < -0.4 is 5.32 Å².